The van der Waals surface area contributed by atoms with Crippen molar-refractivity contribution < 1.29 is 4.79 Å². The van der Waals surface area contributed by atoms with Crippen LogP contribution in [-0.2, 0) is 4.79 Å². The van der Waals surface area contributed by atoms with E-state index < -0.39 is 0 Å². The Balaban J connectivity index is 2.99. The third-order valence-electron chi connectivity index (χ3n) is 0.996. The molecular weight excluding hydrogens is 136 g/mol. The van der Waals surface area contributed by atoms with E-state index in [1.165, 1.54) is 11.8 Å². The van der Waals surface area contributed by atoms with Gasteiger partial charge in [0.05, 0.1) is 10.8 Å². The highest BCUT2D eigenvalue weighted by molar-refractivity contribution is 8.04. The molecule has 1 heterocycles. The highest BCUT2D eigenvalue weighted by Crippen LogP contribution is 2.23. The second-order valence-corrected chi connectivity index (χ2v) is 2.58. The minimum Gasteiger partial charge on any atom is -0.392 e. The van der Waals surface area contributed by atoms with Crippen LogP contribution in [-0.4, -0.2) is 11.5 Å². The van der Waals surface area contributed by atoms with Crippen molar-refractivity contribution in [1.29, 1.82) is 5.26 Å². The van der Waals surface area contributed by atoms with Gasteiger partial charge < -0.3 is 5.73 Å². The van der Waals surface area contributed by atoms with Gasteiger partial charge in [-0.15, -0.1) is 0 Å². The van der Waals surface area contributed by atoms with Crippen LogP contribution < -0.4 is 5.73 Å². The molecule has 0 aromatic heterocycles. The number of nitriles is 1. The summed E-state index contributed by atoms with van der Waals surface area (Å²) in [4.78, 5) is 10.6. The molecule has 0 saturated heterocycles. The lowest BCUT2D eigenvalue weighted by molar-refractivity contribution is -0.112. The Morgan fingerprint density at radius 2 is 2.44 bits per heavy atom. The van der Waals surface area contributed by atoms with Crippen molar-refractivity contribution in [2.24, 2.45) is 5.73 Å². The molecule has 0 radical (unpaired) electrons. The van der Waals surface area contributed by atoms with Crippen LogP contribution in [0.4, 0.5) is 0 Å². The van der Waals surface area contributed by atoms with Gasteiger partial charge in [-0.25, -0.2) is 0 Å². The van der Waals surface area contributed by atoms with Crippen molar-refractivity contribution in [2.45, 2.75) is 0 Å². The van der Waals surface area contributed by atoms with E-state index in [9.17, 15) is 4.79 Å². The minimum absolute atomic E-state index is 0.125. The first-order valence-electron chi connectivity index (χ1n) is 2.31. The van der Waals surface area contributed by atoms with E-state index in [1.54, 1.807) is 6.07 Å². The summed E-state index contributed by atoms with van der Waals surface area (Å²) in [6.45, 7) is 0. The molecular formula is C5H4N2OS. The number of rotatable bonds is 0. The molecule has 0 aromatic rings. The Morgan fingerprint density at radius 1 is 1.78 bits per heavy atom. The van der Waals surface area contributed by atoms with Crippen LogP contribution in [0.15, 0.2) is 10.6 Å². The summed E-state index contributed by atoms with van der Waals surface area (Å²) in [5.74, 6) is 0.175. The fraction of sp³-hybridized carbons (Fsp3) is 0.200. The molecule has 9 heavy (non-hydrogen) atoms. The van der Waals surface area contributed by atoms with E-state index in [4.69, 9.17) is 11.0 Å². The summed E-state index contributed by atoms with van der Waals surface area (Å²) in [6.07, 6.45) is 0. The van der Waals surface area contributed by atoms with Crippen LogP contribution in [0.1, 0.15) is 0 Å². The zero-order valence-corrected chi connectivity index (χ0v) is 5.36. The SMILES string of the molecule is N#CC1=C(N)SCC1=O. The van der Waals surface area contributed by atoms with Crippen molar-refractivity contribution in [1.82, 2.24) is 0 Å². The quantitative estimate of drug-likeness (QED) is 0.514. The Labute approximate surface area is 56.5 Å². The smallest absolute Gasteiger partial charge is 0.186 e. The molecule has 0 atom stereocenters. The maximum Gasteiger partial charge on any atom is 0.186 e. The number of carbonyl (C=O) groups excluding carboxylic acids is 1. The largest absolute Gasteiger partial charge is 0.392 e. The number of allylic oxidation sites excluding steroid dienone is 1. The molecule has 0 aliphatic carbocycles. The zero-order valence-electron chi connectivity index (χ0n) is 4.55. The highest BCUT2D eigenvalue weighted by Gasteiger charge is 2.20. The summed E-state index contributed by atoms with van der Waals surface area (Å²) in [5, 5.41) is 8.65. The number of hydrogen-bond acceptors (Lipinski definition) is 4. The van der Waals surface area contributed by atoms with E-state index in [0.29, 0.717) is 10.8 Å². The van der Waals surface area contributed by atoms with E-state index in [2.05, 4.69) is 0 Å². The number of thioether (sulfide) groups is 1. The second-order valence-electron chi connectivity index (χ2n) is 1.56. The fourth-order valence-electron chi connectivity index (χ4n) is 0.542. The van der Waals surface area contributed by atoms with Crippen LogP contribution in [0.2, 0.25) is 0 Å². The van der Waals surface area contributed by atoms with Crippen LogP contribution in [0, 0.1) is 11.3 Å². The molecule has 4 heteroatoms. The molecule has 1 rings (SSSR count). The van der Waals surface area contributed by atoms with Crippen molar-refractivity contribution in [3.63, 3.8) is 0 Å². The Hall–Kier alpha value is -0.950. The molecule has 0 spiro atoms. The standard InChI is InChI=1S/C5H4N2OS/c6-1-3-4(8)2-9-5(3)7/h2,7H2. The Bertz CT molecular complexity index is 226. The number of nitrogens with zero attached hydrogens (tertiary/aromatic N) is 1. The third kappa shape index (κ3) is 0.911. The van der Waals surface area contributed by atoms with Crippen LogP contribution in [0.3, 0.4) is 0 Å². The average Bonchev–Trinajstić information content (AvgIpc) is 2.12. The first kappa shape index (κ1) is 6.17. The topological polar surface area (TPSA) is 66.9 Å². The Kier molecular flexibility index (Phi) is 1.45. The predicted molar refractivity (Wildman–Crippen MR) is 34.3 cm³/mol. The second kappa shape index (κ2) is 2.11. The van der Waals surface area contributed by atoms with Gasteiger partial charge in [-0.3, -0.25) is 4.79 Å². The first-order valence-corrected chi connectivity index (χ1v) is 3.30. The molecule has 1 aliphatic rings. The summed E-state index contributed by atoms with van der Waals surface area (Å²) in [7, 11) is 0. The molecule has 0 fully saturated rings. The van der Waals surface area contributed by atoms with Gasteiger partial charge in [0.25, 0.3) is 0 Å². The number of hydrogen-bond donors (Lipinski definition) is 1. The van der Waals surface area contributed by atoms with Gasteiger partial charge in [0.1, 0.15) is 11.6 Å². The van der Waals surface area contributed by atoms with Gasteiger partial charge >= 0.3 is 0 Å². The van der Waals surface area contributed by atoms with E-state index in [0.717, 1.165) is 0 Å². The minimum atomic E-state index is -0.153. The van der Waals surface area contributed by atoms with Crippen molar-refractivity contribution in [3.05, 3.63) is 10.6 Å². The summed E-state index contributed by atoms with van der Waals surface area (Å²) in [5.41, 5.74) is 5.40. The maximum atomic E-state index is 10.6. The Morgan fingerprint density at radius 3 is 2.67 bits per heavy atom. The maximum absolute atomic E-state index is 10.6. The van der Waals surface area contributed by atoms with E-state index in [-0.39, 0.29) is 11.4 Å². The molecule has 0 aromatic carbocycles. The number of carbonyl (C=O) groups is 1. The fourth-order valence-corrected chi connectivity index (χ4v) is 1.28. The molecule has 2 N–H and O–H groups in total. The molecule has 0 saturated carbocycles. The van der Waals surface area contributed by atoms with Crippen LogP contribution >= 0.6 is 11.8 Å². The molecule has 46 valence electrons. The molecule has 1 aliphatic heterocycles. The lowest BCUT2D eigenvalue weighted by atomic mass is 10.2. The highest BCUT2D eigenvalue weighted by atomic mass is 32.2. The normalized spacial score (nSPS) is 18.3. The van der Waals surface area contributed by atoms with Gasteiger partial charge in [-0.1, -0.05) is 11.8 Å². The first-order chi connectivity index (χ1) is 4.25. The summed E-state index contributed by atoms with van der Waals surface area (Å²) < 4.78 is 0. The van der Waals surface area contributed by atoms with E-state index in [1.807, 2.05) is 0 Å². The molecule has 0 bridgehead atoms. The van der Waals surface area contributed by atoms with Gasteiger partial charge in [-0.2, -0.15) is 5.26 Å². The van der Waals surface area contributed by atoms with Gasteiger partial charge in [0, 0.05) is 0 Å². The van der Waals surface area contributed by atoms with E-state index >= 15 is 0 Å². The van der Waals surface area contributed by atoms with Crippen molar-refractivity contribution in [3.8, 4) is 6.07 Å². The summed E-state index contributed by atoms with van der Waals surface area (Å²) >= 11 is 1.22. The average molecular weight is 140 g/mol. The summed E-state index contributed by atoms with van der Waals surface area (Å²) in [6, 6.07) is 1.75. The lowest BCUT2D eigenvalue weighted by Gasteiger charge is -1.83. The molecule has 0 unspecified atom stereocenters. The molecule has 3 nitrogen and oxygen atoms in total. The predicted octanol–water partition coefficient (Wildman–Crippen LogP) is -0.00382. The van der Waals surface area contributed by atoms with Crippen molar-refractivity contribution >= 4 is 17.5 Å². The van der Waals surface area contributed by atoms with Crippen LogP contribution in [0.5, 0.6) is 0 Å². The van der Waals surface area contributed by atoms with Gasteiger partial charge in [0.2, 0.25) is 0 Å². The number of Topliss-reactive ketones (excluding diaryl/α,β-unsaturated/α-hetero) is 1. The van der Waals surface area contributed by atoms with Gasteiger partial charge in [0.15, 0.2) is 5.78 Å². The zero-order chi connectivity index (χ0) is 6.85. The third-order valence-corrected chi connectivity index (χ3v) is 1.92. The van der Waals surface area contributed by atoms with Crippen LogP contribution in [0.25, 0.3) is 0 Å². The van der Waals surface area contributed by atoms with Crippen molar-refractivity contribution in [2.75, 3.05) is 5.75 Å². The molecule has 0 amide bonds. The number of nitrogens with two attached hydrogens (primary N) is 1. The monoisotopic (exact) mass is 140 g/mol. The van der Waals surface area contributed by atoms with Gasteiger partial charge in [-0.05, 0) is 0 Å². The number of ketones is 1. The lowest BCUT2D eigenvalue weighted by Crippen LogP contribution is -1.99.